The normalized spacial score (nSPS) is 9.67. The lowest BCUT2D eigenvalue weighted by atomic mass is 10.2. The van der Waals surface area contributed by atoms with Crippen molar-refractivity contribution in [3.8, 4) is 0 Å². The van der Waals surface area contributed by atoms with Crippen LogP contribution < -0.4 is 0 Å². The molecule has 0 bridgehead atoms. The van der Waals surface area contributed by atoms with Crippen LogP contribution in [0.2, 0.25) is 0 Å². The van der Waals surface area contributed by atoms with E-state index in [0.717, 1.165) is 12.1 Å². The first-order chi connectivity index (χ1) is 5.61. The minimum absolute atomic E-state index is 0.261. The third-order valence-electron chi connectivity index (χ3n) is 1.26. The Labute approximate surface area is 75.8 Å². The summed E-state index contributed by atoms with van der Waals surface area (Å²) in [6.45, 7) is 0. The third-order valence-corrected chi connectivity index (χ3v) is 2.02. The smallest absolute Gasteiger partial charge is 0.207 e. The van der Waals surface area contributed by atoms with E-state index in [9.17, 15) is 13.2 Å². The summed E-state index contributed by atoms with van der Waals surface area (Å²) in [6, 6.07) is 4.80. The van der Waals surface area contributed by atoms with Crippen LogP contribution in [0.1, 0.15) is 5.56 Å². The minimum Gasteiger partial charge on any atom is -0.207 e. The molecule has 0 fully saturated rings. The van der Waals surface area contributed by atoms with Gasteiger partial charge in [0, 0.05) is 0 Å². The zero-order valence-corrected chi connectivity index (χ0v) is 7.41. The van der Waals surface area contributed by atoms with Crippen LogP contribution in [-0.4, -0.2) is 0 Å². The fourth-order valence-electron chi connectivity index (χ4n) is 0.705. The quantitative estimate of drug-likeness (QED) is 0.697. The predicted octanol–water partition coefficient (Wildman–Crippen LogP) is 3.79. The molecular formula is C8H4BrF3. The molecule has 1 rings (SSSR count). The van der Waals surface area contributed by atoms with Crippen molar-refractivity contribution in [2.24, 2.45) is 0 Å². The van der Waals surface area contributed by atoms with Gasteiger partial charge in [0.25, 0.3) is 6.08 Å². The second-order valence-corrected chi connectivity index (χ2v) is 2.87. The van der Waals surface area contributed by atoms with Gasteiger partial charge in [-0.25, -0.2) is 4.39 Å². The molecule has 4 heteroatoms. The molecule has 0 spiro atoms. The zero-order chi connectivity index (χ0) is 9.14. The van der Waals surface area contributed by atoms with Gasteiger partial charge in [0.15, 0.2) is 0 Å². The fourth-order valence-corrected chi connectivity index (χ4v) is 0.970. The second-order valence-electron chi connectivity index (χ2n) is 2.08. The molecule has 0 amide bonds. The SMILES string of the molecule is FC(F)=C(Br)c1ccc(F)cc1. The summed E-state index contributed by atoms with van der Waals surface area (Å²) in [5, 5.41) is 0. The third kappa shape index (κ3) is 2.11. The molecule has 64 valence electrons. The van der Waals surface area contributed by atoms with Crippen LogP contribution >= 0.6 is 15.9 Å². The number of benzene rings is 1. The summed E-state index contributed by atoms with van der Waals surface area (Å²) < 4.78 is 35.9. The maximum Gasteiger partial charge on any atom is 0.284 e. The van der Waals surface area contributed by atoms with E-state index in [1.54, 1.807) is 0 Å². The van der Waals surface area contributed by atoms with E-state index < -0.39 is 11.9 Å². The number of hydrogen-bond donors (Lipinski definition) is 0. The van der Waals surface area contributed by atoms with Gasteiger partial charge >= 0.3 is 0 Å². The molecule has 0 aliphatic heterocycles. The van der Waals surface area contributed by atoms with E-state index in [0.29, 0.717) is 0 Å². The summed E-state index contributed by atoms with van der Waals surface area (Å²) in [5.74, 6) is -0.446. The molecule has 0 atom stereocenters. The van der Waals surface area contributed by atoms with Gasteiger partial charge in [-0.2, -0.15) is 8.78 Å². The Bertz CT molecular complexity index is 299. The predicted molar refractivity (Wildman–Crippen MR) is 44.5 cm³/mol. The van der Waals surface area contributed by atoms with Crippen LogP contribution in [0.25, 0.3) is 4.48 Å². The van der Waals surface area contributed by atoms with Crippen molar-refractivity contribution in [3.63, 3.8) is 0 Å². The molecule has 0 nitrogen and oxygen atoms in total. The Morgan fingerprint density at radius 2 is 1.58 bits per heavy atom. The summed E-state index contributed by atoms with van der Waals surface area (Å²) in [7, 11) is 0. The molecule has 1 aromatic carbocycles. The highest BCUT2D eigenvalue weighted by Crippen LogP contribution is 2.26. The van der Waals surface area contributed by atoms with Gasteiger partial charge in [0.05, 0.1) is 4.48 Å². The summed E-state index contributed by atoms with van der Waals surface area (Å²) in [6.07, 6.45) is -1.82. The van der Waals surface area contributed by atoms with Gasteiger partial charge in [-0.3, -0.25) is 0 Å². The van der Waals surface area contributed by atoms with Gasteiger partial charge in [-0.15, -0.1) is 0 Å². The van der Waals surface area contributed by atoms with Crippen molar-refractivity contribution >= 4 is 20.4 Å². The Morgan fingerprint density at radius 3 is 2.00 bits per heavy atom. The number of hydrogen-bond acceptors (Lipinski definition) is 0. The second kappa shape index (κ2) is 3.76. The molecule has 0 saturated heterocycles. The monoisotopic (exact) mass is 236 g/mol. The maximum atomic E-state index is 12.3. The molecule has 1 aromatic rings. The lowest BCUT2D eigenvalue weighted by molar-refractivity contribution is 0.428. The van der Waals surface area contributed by atoms with Crippen molar-refractivity contribution in [2.75, 3.05) is 0 Å². The van der Waals surface area contributed by atoms with Crippen LogP contribution in [-0.2, 0) is 0 Å². The Hall–Kier alpha value is -0.770. The molecule has 0 saturated carbocycles. The Balaban J connectivity index is 3.06. The number of rotatable bonds is 1. The van der Waals surface area contributed by atoms with Crippen molar-refractivity contribution in [2.45, 2.75) is 0 Å². The van der Waals surface area contributed by atoms with Gasteiger partial charge in [0.2, 0.25) is 0 Å². The Morgan fingerprint density at radius 1 is 1.08 bits per heavy atom. The average molecular weight is 237 g/mol. The van der Waals surface area contributed by atoms with Crippen LogP contribution in [0.15, 0.2) is 30.3 Å². The van der Waals surface area contributed by atoms with Gasteiger partial charge < -0.3 is 0 Å². The first kappa shape index (κ1) is 9.32. The van der Waals surface area contributed by atoms with E-state index >= 15 is 0 Å². The fraction of sp³-hybridized carbons (Fsp3) is 0. The van der Waals surface area contributed by atoms with E-state index in [4.69, 9.17) is 0 Å². The van der Waals surface area contributed by atoms with Crippen molar-refractivity contribution < 1.29 is 13.2 Å². The van der Waals surface area contributed by atoms with Crippen molar-refractivity contribution in [1.29, 1.82) is 0 Å². The van der Waals surface area contributed by atoms with E-state index in [1.807, 2.05) is 0 Å². The number of halogens is 4. The largest absolute Gasteiger partial charge is 0.284 e. The van der Waals surface area contributed by atoms with E-state index in [1.165, 1.54) is 12.1 Å². The van der Waals surface area contributed by atoms with Gasteiger partial charge in [-0.1, -0.05) is 12.1 Å². The molecule has 0 N–H and O–H groups in total. The highest BCUT2D eigenvalue weighted by atomic mass is 79.9. The van der Waals surface area contributed by atoms with E-state index in [2.05, 4.69) is 15.9 Å². The summed E-state index contributed by atoms with van der Waals surface area (Å²) in [4.78, 5) is 0. The minimum atomic E-state index is -1.82. The average Bonchev–Trinajstić information content (AvgIpc) is 2.04. The first-order valence-corrected chi connectivity index (χ1v) is 3.87. The molecule has 0 aliphatic carbocycles. The first-order valence-electron chi connectivity index (χ1n) is 3.08. The molecule has 0 aliphatic rings. The van der Waals surface area contributed by atoms with Crippen molar-refractivity contribution in [3.05, 3.63) is 41.7 Å². The lowest BCUT2D eigenvalue weighted by Gasteiger charge is -1.96. The molecule has 0 aromatic heterocycles. The Kier molecular flexibility index (Phi) is 2.92. The van der Waals surface area contributed by atoms with Crippen LogP contribution in [0, 0.1) is 5.82 Å². The van der Waals surface area contributed by atoms with E-state index in [-0.39, 0.29) is 10.0 Å². The van der Waals surface area contributed by atoms with Crippen molar-refractivity contribution in [1.82, 2.24) is 0 Å². The summed E-state index contributed by atoms with van der Waals surface area (Å²) in [5.41, 5.74) is 0.261. The summed E-state index contributed by atoms with van der Waals surface area (Å²) >= 11 is 2.68. The molecule has 12 heavy (non-hydrogen) atoms. The molecule has 0 radical (unpaired) electrons. The van der Waals surface area contributed by atoms with Crippen LogP contribution in [0.3, 0.4) is 0 Å². The zero-order valence-electron chi connectivity index (χ0n) is 5.82. The standard InChI is InChI=1S/C8H4BrF3/c9-7(8(11)12)5-1-3-6(10)4-2-5/h1-4H. The van der Waals surface area contributed by atoms with Gasteiger partial charge in [-0.05, 0) is 33.6 Å². The highest BCUT2D eigenvalue weighted by molar-refractivity contribution is 9.15. The lowest BCUT2D eigenvalue weighted by Crippen LogP contribution is -1.78. The molecule has 0 unspecified atom stereocenters. The van der Waals surface area contributed by atoms with Crippen LogP contribution in [0.4, 0.5) is 13.2 Å². The highest BCUT2D eigenvalue weighted by Gasteiger charge is 2.04. The topological polar surface area (TPSA) is 0 Å². The maximum absolute atomic E-state index is 12.3. The van der Waals surface area contributed by atoms with Crippen LogP contribution in [0.5, 0.6) is 0 Å². The van der Waals surface area contributed by atoms with Gasteiger partial charge in [0.1, 0.15) is 5.82 Å². The molecule has 0 heterocycles. The molecular weight excluding hydrogens is 233 g/mol.